The third kappa shape index (κ3) is 3.48. The first-order valence-corrected chi connectivity index (χ1v) is 6.48. The standard InChI is InChI=1S/C11H12N2O4S/c1-2-3-6-13-10-5-4-8(18(12,16)17)7-9(10)11(14)15/h1,4-5,7,13H,3,6H2,(H,14,15)(H2,12,16,17). The number of carboxylic acids is 1. The molecule has 0 aromatic heterocycles. The number of nitrogens with two attached hydrogens (primary N) is 1. The number of sulfonamides is 1. The molecule has 4 N–H and O–H groups in total. The van der Waals surface area contributed by atoms with Crippen LogP contribution in [0.5, 0.6) is 0 Å². The van der Waals surface area contributed by atoms with E-state index in [-0.39, 0.29) is 10.5 Å². The molecule has 1 rings (SSSR count). The summed E-state index contributed by atoms with van der Waals surface area (Å²) in [6, 6.07) is 3.59. The van der Waals surface area contributed by atoms with Crippen LogP contribution in [-0.4, -0.2) is 26.0 Å². The molecule has 0 aliphatic rings. The Labute approximate surface area is 105 Å². The van der Waals surface area contributed by atoms with Gasteiger partial charge in [-0.2, -0.15) is 0 Å². The zero-order valence-corrected chi connectivity index (χ0v) is 10.2. The highest BCUT2D eigenvalue weighted by atomic mass is 32.2. The van der Waals surface area contributed by atoms with Crippen molar-refractivity contribution in [1.82, 2.24) is 0 Å². The van der Waals surface area contributed by atoms with Crippen LogP contribution >= 0.6 is 0 Å². The van der Waals surface area contributed by atoms with E-state index in [1.54, 1.807) is 0 Å². The Bertz CT molecular complexity index is 602. The number of terminal acetylenes is 1. The summed E-state index contributed by atoms with van der Waals surface area (Å²) in [5, 5.41) is 16.7. The Kier molecular flexibility index (Phi) is 4.31. The van der Waals surface area contributed by atoms with E-state index in [0.717, 1.165) is 6.07 Å². The summed E-state index contributed by atoms with van der Waals surface area (Å²) >= 11 is 0. The van der Waals surface area contributed by atoms with E-state index in [1.807, 2.05) is 0 Å². The van der Waals surface area contributed by atoms with Gasteiger partial charge in [-0.1, -0.05) is 0 Å². The normalized spacial score (nSPS) is 10.7. The monoisotopic (exact) mass is 268 g/mol. The van der Waals surface area contributed by atoms with Crippen LogP contribution in [0.2, 0.25) is 0 Å². The average molecular weight is 268 g/mol. The third-order valence-corrected chi connectivity index (χ3v) is 3.05. The van der Waals surface area contributed by atoms with Crippen molar-refractivity contribution in [3.05, 3.63) is 23.8 Å². The van der Waals surface area contributed by atoms with Gasteiger partial charge in [0.25, 0.3) is 0 Å². The van der Waals surface area contributed by atoms with E-state index in [4.69, 9.17) is 16.7 Å². The van der Waals surface area contributed by atoms with Gasteiger partial charge >= 0.3 is 5.97 Å². The minimum atomic E-state index is -3.92. The first-order chi connectivity index (χ1) is 8.36. The highest BCUT2D eigenvalue weighted by Gasteiger charge is 2.15. The number of aromatic carboxylic acids is 1. The number of anilines is 1. The minimum Gasteiger partial charge on any atom is -0.478 e. The van der Waals surface area contributed by atoms with Crippen LogP contribution in [0.15, 0.2) is 23.1 Å². The number of carbonyl (C=O) groups is 1. The van der Waals surface area contributed by atoms with E-state index < -0.39 is 16.0 Å². The van der Waals surface area contributed by atoms with Gasteiger partial charge in [0.2, 0.25) is 10.0 Å². The van der Waals surface area contributed by atoms with Gasteiger partial charge in [0.1, 0.15) is 0 Å². The molecule has 7 heteroatoms. The Morgan fingerprint density at radius 1 is 1.50 bits per heavy atom. The SMILES string of the molecule is C#CCCNc1ccc(S(N)(=O)=O)cc1C(=O)O. The zero-order chi connectivity index (χ0) is 13.8. The van der Waals surface area contributed by atoms with E-state index in [9.17, 15) is 13.2 Å². The van der Waals surface area contributed by atoms with Crippen molar-refractivity contribution in [2.24, 2.45) is 5.14 Å². The number of hydrogen-bond donors (Lipinski definition) is 3. The lowest BCUT2D eigenvalue weighted by atomic mass is 10.2. The first-order valence-electron chi connectivity index (χ1n) is 4.93. The number of rotatable bonds is 5. The maximum atomic E-state index is 11.1. The smallest absolute Gasteiger partial charge is 0.337 e. The largest absolute Gasteiger partial charge is 0.478 e. The molecular weight excluding hydrogens is 256 g/mol. The predicted octanol–water partition coefficient (Wildman–Crippen LogP) is 0.467. The van der Waals surface area contributed by atoms with Gasteiger partial charge in [-0.3, -0.25) is 0 Å². The van der Waals surface area contributed by atoms with Crippen LogP contribution in [0.1, 0.15) is 16.8 Å². The number of primary sulfonamides is 1. The van der Waals surface area contributed by atoms with Gasteiger partial charge in [-0.05, 0) is 18.2 Å². The van der Waals surface area contributed by atoms with Crippen LogP contribution in [0.3, 0.4) is 0 Å². The molecule has 0 unspecified atom stereocenters. The van der Waals surface area contributed by atoms with Crippen LogP contribution in [0.25, 0.3) is 0 Å². The molecule has 0 atom stereocenters. The van der Waals surface area contributed by atoms with Gasteiger partial charge in [0.05, 0.1) is 10.5 Å². The summed E-state index contributed by atoms with van der Waals surface area (Å²) in [6.45, 7) is 0.394. The molecule has 1 aromatic carbocycles. The molecule has 6 nitrogen and oxygen atoms in total. The van der Waals surface area contributed by atoms with Crippen molar-refractivity contribution in [3.63, 3.8) is 0 Å². The maximum Gasteiger partial charge on any atom is 0.337 e. The second-order valence-electron chi connectivity index (χ2n) is 3.44. The molecule has 0 spiro atoms. The molecule has 0 fully saturated rings. The van der Waals surface area contributed by atoms with Crippen LogP contribution < -0.4 is 10.5 Å². The van der Waals surface area contributed by atoms with Crippen molar-refractivity contribution in [1.29, 1.82) is 0 Å². The highest BCUT2D eigenvalue weighted by Crippen LogP contribution is 2.20. The number of nitrogens with one attached hydrogen (secondary N) is 1. The zero-order valence-electron chi connectivity index (χ0n) is 9.38. The Hall–Kier alpha value is -2.04. The Balaban J connectivity index is 3.14. The summed E-state index contributed by atoms with van der Waals surface area (Å²) in [7, 11) is -3.92. The fourth-order valence-corrected chi connectivity index (χ4v) is 1.84. The molecule has 0 aliphatic carbocycles. The first kappa shape index (κ1) is 14.0. The van der Waals surface area contributed by atoms with Crippen molar-refractivity contribution in [2.45, 2.75) is 11.3 Å². The highest BCUT2D eigenvalue weighted by molar-refractivity contribution is 7.89. The summed E-state index contributed by atoms with van der Waals surface area (Å²) in [4.78, 5) is 10.8. The molecule has 0 amide bonds. The molecule has 0 aliphatic heterocycles. The van der Waals surface area contributed by atoms with E-state index >= 15 is 0 Å². The average Bonchev–Trinajstić information content (AvgIpc) is 2.28. The molecular formula is C11H12N2O4S. The quantitative estimate of drug-likeness (QED) is 0.531. The number of benzene rings is 1. The fraction of sp³-hybridized carbons (Fsp3) is 0.182. The predicted molar refractivity (Wildman–Crippen MR) is 66.7 cm³/mol. The lowest BCUT2D eigenvalue weighted by Gasteiger charge is -2.09. The Morgan fingerprint density at radius 2 is 2.17 bits per heavy atom. The van der Waals surface area contributed by atoms with Crippen molar-refractivity contribution < 1.29 is 18.3 Å². The molecule has 0 radical (unpaired) electrons. The number of hydrogen-bond acceptors (Lipinski definition) is 4. The van der Waals surface area contributed by atoms with Crippen LogP contribution in [0, 0.1) is 12.3 Å². The fourth-order valence-electron chi connectivity index (χ4n) is 1.30. The maximum absolute atomic E-state index is 11.1. The van der Waals surface area contributed by atoms with Gasteiger partial charge in [-0.25, -0.2) is 18.4 Å². The van der Waals surface area contributed by atoms with Gasteiger partial charge < -0.3 is 10.4 Å². The van der Waals surface area contributed by atoms with Crippen molar-refractivity contribution in [3.8, 4) is 12.3 Å². The van der Waals surface area contributed by atoms with Crippen LogP contribution in [-0.2, 0) is 10.0 Å². The molecule has 0 heterocycles. The molecule has 0 bridgehead atoms. The second kappa shape index (κ2) is 5.53. The second-order valence-corrected chi connectivity index (χ2v) is 5.00. The summed E-state index contributed by atoms with van der Waals surface area (Å²) in [5.74, 6) is 1.15. The summed E-state index contributed by atoms with van der Waals surface area (Å²) < 4.78 is 22.2. The third-order valence-electron chi connectivity index (χ3n) is 2.13. The molecule has 18 heavy (non-hydrogen) atoms. The van der Waals surface area contributed by atoms with E-state index in [2.05, 4.69) is 11.2 Å². The molecule has 0 saturated carbocycles. The van der Waals surface area contributed by atoms with Gasteiger partial charge in [0, 0.05) is 18.7 Å². The van der Waals surface area contributed by atoms with E-state index in [1.165, 1.54) is 12.1 Å². The lowest BCUT2D eigenvalue weighted by molar-refractivity contribution is 0.0697. The lowest BCUT2D eigenvalue weighted by Crippen LogP contribution is -2.14. The van der Waals surface area contributed by atoms with E-state index in [0.29, 0.717) is 18.7 Å². The van der Waals surface area contributed by atoms with Gasteiger partial charge in [-0.15, -0.1) is 12.3 Å². The van der Waals surface area contributed by atoms with Crippen molar-refractivity contribution >= 4 is 21.7 Å². The Morgan fingerprint density at radius 3 is 2.67 bits per heavy atom. The van der Waals surface area contributed by atoms with Crippen molar-refractivity contribution in [2.75, 3.05) is 11.9 Å². The molecule has 0 saturated heterocycles. The number of carboxylic acid groups (broad SMARTS) is 1. The minimum absolute atomic E-state index is 0.168. The van der Waals surface area contributed by atoms with Gasteiger partial charge in [0.15, 0.2) is 0 Å². The summed E-state index contributed by atoms with van der Waals surface area (Å²) in [5.41, 5.74) is 0.128. The molecule has 96 valence electrons. The summed E-state index contributed by atoms with van der Waals surface area (Å²) in [6.07, 6.45) is 5.50. The topological polar surface area (TPSA) is 109 Å². The molecule has 1 aromatic rings. The van der Waals surface area contributed by atoms with Crippen LogP contribution in [0.4, 0.5) is 5.69 Å².